The Morgan fingerprint density at radius 3 is 3.00 bits per heavy atom. The highest BCUT2D eigenvalue weighted by Gasteiger charge is 2.18. The molecule has 0 radical (unpaired) electrons. The van der Waals surface area contributed by atoms with E-state index in [0.29, 0.717) is 11.7 Å². The van der Waals surface area contributed by atoms with Gasteiger partial charge in [-0.05, 0) is 35.8 Å². The van der Waals surface area contributed by atoms with Gasteiger partial charge in [0.1, 0.15) is 5.69 Å². The van der Waals surface area contributed by atoms with Crippen molar-refractivity contribution in [2.45, 2.75) is 13.8 Å². The second-order valence-corrected chi connectivity index (χ2v) is 4.57. The molecule has 1 N–H and O–H groups in total. The van der Waals surface area contributed by atoms with Crippen molar-refractivity contribution in [3.05, 3.63) is 22.0 Å². The fourth-order valence-corrected chi connectivity index (χ4v) is 1.90. The van der Waals surface area contributed by atoms with Crippen LogP contribution in [0, 0.1) is 6.92 Å². The summed E-state index contributed by atoms with van der Waals surface area (Å²) in [6.45, 7) is 3.72. The molecule has 0 saturated carbocycles. The van der Waals surface area contributed by atoms with Gasteiger partial charge in [0.05, 0.1) is 17.7 Å². The zero-order chi connectivity index (χ0) is 14.0. The van der Waals surface area contributed by atoms with E-state index in [1.807, 2.05) is 0 Å². The lowest BCUT2D eigenvalue weighted by Crippen LogP contribution is -2.13. The Morgan fingerprint density at radius 1 is 1.63 bits per heavy atom. The predicted octanol–water partition coefficient (Wildman–Crippen LogP) is 3.28. The van der Waals surface area contributed by atoms with Crippen LogP contribution in [-0.2, 0) is 4.74 Å². The van der Waals surface area contributed by atoms with Crippen molar-refractivity contribution in [2.75, 3.05) is 11.9 Å². The molecular formula is C12H11BrN2O4. The summed E-state index contributed by atoms with van der Waals surface area (Å²) >= 11 is 3.34. The molecule has 0 aliphatic heterocycles. The summed E-state index contributed by atoms with van der Waals surface area (Å²) in [7, 11) is 0. The first kappa shape index (κ1) is 13.5. The number of rotatable bonds is 3. The second kappa shape index (κ2) is 5.40. The number of aldehydes is 1. The van der Waals surface area contributed by atoms with Crippen LogP contribution in [0.2, 0.25) is 0 Å². The zero-order valence-electron chi connectivity index (χ0n) is 10.3. The van der Waals surface area contributed by atoms with Crippen LogP contribution in [0.1, 0.15) is 23.2 Å². The number of fused-ring (bicyclic) bond motifs is 1. The van der Waals surface area contributed by atoms with Crippen molar-refractivity contribution in [2.24, 2.45) is 0 Å². The third-order valence-corrected chi connectivity index (χ3v) is 3.25. The zero-order valence-corrected chi connectivity index (χ0v) is 11.9. The number of furan rings is 1. The average Bonchev–Trinajstić information content (AvgIpc) is 2.68. The number of aromatic nitrogens is 1. The molecule has 2 rings (SSSR count). The number of pyridine rings is 1. The van der Waals surface area contributed by atoms with Crippen molar-refractivity contribution in [1.82, 2.24) is 4.98 Å². The van der Waals surface area contributed by atoms with Crippen LogP contribution in [-0.4, -0.2) is 24.0 Å². The molecule has 0 aromatic carbocycles. The number of hydrogen-bond donors (Lipinski definition) is 1. The maximum absolute atomic E-state index is 11.5. The largest absolute Gasteiger partial charge is 0.450 e. The van der Waals surface area contributed by atoms with Gasteiger partial charge in [0.15, 0.2) is 12.0 Å². The van der Waals surface area contributed by atoms with Crippen LogP contribution in [0.25, 0.3) is 11.1 Å². The SMILES string of the molecule is CCOC(=O)Nc1c(C=O)oc2nc(C)c(Br)cc12. The summed E-state index contributed by atoms with van der Waals surface area (Å²) in [6, 6.07) is 1.73. The molecule has 0 spiro atoms. The number of hydrogen-bond acceptors (Lipinski definition) is 5. The Morgan fingerprint density at radius 2 is 2.37 bits per heavy atom. The number of amides is 1. The fraction of sp³-hybridized carbons (Fsp3) is 0.250. The van der Waals surface area contributed by atoms with E-state index >= 15 is 0 Å². The van der Waals surface area contributed by atoms with E-state index in [4.69, 9.17) is 9.15 Å². The molecule has 0 atom stereocenters. The summed E-state index contributed by atoms with van der Waals surface area (Å²) in [6.07, 6.45) is -0.128. The van der Waals surface area contributed by atoms with Crippen molar-refractivity contribution >= 4 is 45.1 Å². The number of nitrogens with one attached hydrogen (secondary N) is 1. The Hall–Kier alpha value is -1.89. The molecule has 0 aliphatic carbocycles. The minimum absolute atomic E-state index is 0.00746. The molecule has 0 unspecified atom stereocenters. The van der Waals surface area contributed by atoms with E-state index in [0.717, 1.165) is 10.2 Å². The number of anilines is 1. The second-order valence-electron chi connectivity index (χ2n) is 3.71. The lowest BCUT2D eigenvalue weighted by Gasteiger charge is -2.04. The van der Waals surface area contributed by atoms with E-state index in [-0.39, 0.29) is 23.8 Å². The number of carbonyl (C=O) groups is 2. The van der Waals surface area contributed by atoms with E-state index < -0.39 is 6.09 Å². The Bertz CT molecular complexity index is 651. The van der Waals surface area contributed by atoms with E-state index in [1.165, 1.54) is 0 Å². The van der Waals surface area contributed by atoms with Gasteiger partial charge in [-0.3, -0.25) is 10.1 Å². The van der Waals surface area contributed by atoms with Gasteiger partial charge in [-0.25, -0.2) is 9.78 Å². The van der Waals surface area contributed by atoms with Crippen LogP contribution in [0.4, 0.5) is 10.5 Å². The van der Waals surface area contributed by atoms with Crippen molar-refractivity contribution in [1.29, 1.82) is 0 Å². The molecule has 0 saturated heterocycles. The lowest BCUT2D eigenvalue weighted by molar-refractivity contribution is 0.110. The number of ether oxygens (including phenoxy) is 1. The quantitative estimate of drug-likeness (QED) is 0.875. The van der Waals surface area contributed by atoms with Gasteiger partial charge >= 0.3 is 6.09 Å². The number of halogens is 1. The molecular weight excluding hydrogens is 316 g/mol. The third-order valence-electron chi connectivity index (χ3n) is 2.45. The maximum Gasteiger partial charge on any atom is 0.411 e. The van der Waals surface area contributed by atoms with E-state index in [9.17, 15) is 9.59 Å². The minimum atomic E-state index is -0.648. The van der Waals surface area contributed by atoms with Gasteiger partial charge in [0.25, 0.3) is 0 Å². The lowest BCUT2D eigenvalue weighted by atomic mass is 10.2. The summed E-state index contributed by atoms with van der Waals surface area (Å²) in [5.41, 5.74) is 1.27. The van der Waals surface area contributed by atoms with Gasteiger partial charge in [0, 0.05) is 4.47 Å². The van der Waals surface area contributed by atoms with E-state index in [2.05, 4.69) is 26.2 Å². The smallest absolute Gasteiger partial charge is 0.411 e. The molecule has 1 amide bonds. The third kappa shape index (κ3) is 2.60. The highest BCUT2D eigenvalue weighted by atomic mass is 79.9. The van der Waals surface area contributed by atoms with Gasteiger partial charge in [-0.2, -0.15) is 0 Å². The van der Waals surface area contributed by atoms with Crippen LogP contribution in [0.5, 0.6) is 0 Å². The van der Waals surface area contributed by atoms with Gasteiger partial charge < -0.3 is 9.15 Å². The molecule has 0 fully saturated rings. The molecule has 2 aromatic rings. The van der Waals surface area contributed by atoms with E-state index in [1.54, 1.807) is 19.9 Å². The molecule has 0 bridgehead atoms. The first-order chi connectivity index (χ1) is 9.06. The molecule has 6 nitrogen and oxygen atoms in total. The van der Waals surface area contributed by atoms with Crippen LogP contribution >= 0.6 is 15.9 Å². The minimum Gasteiger partial charge on any atom is -0.450 e. The fourth-order valence-electron chi connectivity index (χ4n) is 1.58. The van der Waals surface area contributed by atoms with Crippen molar-refractivity contribution < 1.29 is 18.7 Å². The van der Waals surface area contributed by atoms with Gasteiger partial charge in [-0.15, -0.1) is 0 Å². The topological polar surface area (TPSA) is 81.4 Å². The van der Waals surface area contributed by atoms with Crippen LogP contribution in [0.3, 0.4) is 0 Å². The monoisotopic (exact) mass is 326 g/mol. The molecule has 19 heavy (non-hydrogen) atoms. The van der Waals surface area contributed by atoms with Crippen LogP contribution in [0.15, 0.2) is 15.0 Å². The van der Waals surface area contributed by atoms with Crippen molar-refractivity contribution in [3.63, 3.8) is 0 Å². The molecule has 100 valence electrons. The average molecular weight is 327 g/mol. The molecule has 2 heterocycles. The summed E-state index contributed by atoms with van der Waals surface area (Å²) in [4.78, 5) is 26.6. The summed E-state index contributed by atoms with van der Waals surface area (Å²) < 4.78 is 10.8. The Balaban J connectivity index is 2.53. The first-order valence-electron chi connectivity index (χ1n) is 5.55. The molecule has 7 heteroatoms. The standard InChI is InChI=1S/C12H11BrN2O4/c1-3-18-12(17)15-10-7-4-8(13)6(2)14-11(7)19-9(10)5-16/h4-5H,3H2,1-2H3,(H,15,17). The Kier molecular flexibility index (Phi) is 3.84. The predicted molar refractivity (Wildman–Crippen MR) is 72.5 cm³/mol. The summed E-state index contributed by atoms with van der Waals surface area (Å²) in [5, 5.41) is 3.02. The summed E-state index contributed by atoms with van der Waals surface area (Å²) in [5.74, 6) is 0.00746. The highest BCUT2D eigenvalue weighted by molar-refractivity contribution is 9.10. The number of nitrogens with zero attached hydrogens (tertiary/aromatic N) is 1. The number of aryl methyl sites for hydroxylation is 1. The highest BCUT2D eigenvalue weighted by Crippen LogP contribution is 2.32. The van der Waals surface area contributed by atoms with Gasteiger partial charge in [-0.1, -0.05) is 0 Å². The van der Waals surface area contributed by atoms with Crippen molar-refractivity contribution in [3.8, 4) is 0 Å². The molecule has 2 aromatic heterocycles. The van der Waals surface area contributed by atoms with Crippen LogP contribution < -0.4 is 5.32 Å². The number of carbonyl (C=O) groups excluding carboxylic acids is 2. The maximum atomic E-state index is 11.5. The molecule has 0 aliphatic rings. The Labute approximate surface area is 117 Å². The first-order valence-corrected chi connectivity index (χ1v) is 6.34. The normalized spacial score (nSPS) is 10.5. The van der Waals surface area contributed by atoms with Gasteiger partial charge in [0.2, 0.25) is 5.71 Å².